The van der Waals surface area contributed by atoms with E-state index in [0.717, 1.165) is 45.2 Å². The molecule has 0 amide bonds. The molecule has 1 N–H and O–H groups in total. The summed E-state index contributed by atoms with van der Waals surface area (Å²) in [7, 11) is 0. The molecule has 1 saturated carbocycles. The largest absolute Gasteiger partial charge is 0.395 e. The number of Topliss-reactive ketones (excluding diaryl/α,β-unsaturated/α-hetero) is 1. The summed E-state index contributed by atoms with van der Waals surface area (Å²) in [5.41, 5.74) is 0.300. The van der Waals surface area contributed by atoms with Gasteiger partial charge >= 0.3 is 0 Å². The quantitative estimate of drug-likeness (QED) is 0.760. The van der Waals surface area contributed by atoms with Crippen LogP contribution in [-0.4, -0.2) is 42.0 Å². The lowest BCUT2D eigenvalue weighted by Crippen LogP contribution is -2.40. The highest BCUT2D eigenvalue weighted by Gasteiger charge is 2.34. The second-order valence-electron chi connectivity index (χ2n) is 6.41. The van der Waals surface area contributed by atoms with Gasteiger partial charge in [-0.3, -0.25) is 4.79 Å². The van der Waals surface area contributed by atoms with Crippen LogP contribution < -0.4 is 0 Å². The van der Waals surface area contributed by atoms with E-state index in [1.165, 1.54) is 0 Å². The average Bonchev–Trinajstić information content (AvgIpc) is 2.31. The molecule has 0 spiro atoms. The van der Waals surface area contributed by atoms with Crippen molar-refractivity contribution < 1.29 is 9.90 Å². The number of aliphatic hydroxyl groups is 1. The summed E-state index contributed by atoms with van der Waals surface area (Å²) in [5.74, 6) is 0.603. The zero-order valence-corrected chi connectivity index (χ0v) is 12.2. The Morgan fingerprint density at radius 2 is 2.11 bits per heavy atom. The van der Waals surface area contributed by atoms with E-state index in [0.29, 0.717) is 17.7 Å². The van der Waals surface area contributed by atoms with Gasteiger partial charge in [0, 0.05) is 25.4 Å². The standard InChI is InChI=1S/C15H29NO2/c1-4-5-8-16(9-10-17)12-13-11-15(2,3)7-6-14(13)18/h13,17H,4-12H2,1-3H3. The Morgan fingerprint density at radius 3 is 2.72 bits per heavy atom. The van der Waals surface area contributed by atoms with Gasteiger partial charge in [0.1, 0.15) is 5.78 Å². The van der Waals surface area contributed by atoms with Crippen molar-refractivity contribution in [1.82, 2.24) is 4.90 Å². The molecule has 3 nitrogen and oxygen atoms in total. The van der Waals surface area contributed by atoms with Crippen LogP contribution in [0.1, 0.15) is 52.9 Å². The number of unbranched alkanes of at least 4 members (excludes halogenated alkanes) is 1. The third-order valence-electron chi connectivity index (χ3n) is 4.03. The van der Waals surface area contributed by atoms with Gasteiger partial charge in [-0.25, -0.2) is 0 Å². The van der Waals surface area contributed by atoms with Gasteiger partial charge in [-0.15, -0.1) is 0 Å². The fourth-order valence-electron chi connectivity index (χ4n) is 2.84. The van der Waals surface area contributed by atoms with Crippen molar-refractivity contribution >= 4 is 5.78 Å². The van der Waals surface area contributed by atoms with E-state index in [1.807, 2.05) is 0 Å². The second kappa shape index (κ2) is 7.25. The van der Waals surface area contributed by atoms with Gasteiger partial charge in [0.25, 0.3) is 0 Å². The molecule has 1 aliphatic carbocycles. The molecule has 18 heavy (non-hydrogen) atoms. The summed E-state index contributed by atoms with van der Waals surface area (Å²) in [6.07, 6.45) is 5.06. The van der Waals surface area contributed by atoms with Gasteiger partial charge in [0.05, 0.1) is 6.61 Å². The summed E-state index contributed by atoms with van der Waals surface area (Å²) < 4.78 is 0. The predicted molar refractivity (Wildman–Crippen MR) is 74.6 cm³/mol. The van der Waals surface area contributed by atoms with Crippen molar-refractivity contribution in [2.45, 2.75) is 52.9 Å². The molecule has 0 heterocycles. The van der Waals surface area contributed by atoms with Gasteiger partial charge in [-0.1, -0.05) is 27.2 Å². The van der Waals surface area contributed by atoms with Gasteiger partial charge in [-0.2, -0.15) is 0 Å². The average molecular weight is 255 g/mol. The van der Waals surface area contributed by atoms with Crippen molar-refractivity contribution in [3.05, 3.63) is 0 Å². The van der Waals surface area contributed by atoms with Crippen LogP contribution in [0.3, 0.4) is 0 Å². The number of rotatable bonds is 7. The molecule has 0 aromatic rings. The minimum atomic E-state index is 0.178. The fourth-order valence-corrected chi connectivity index (χ4v) is 2.84. The number of carbonyl (C=O) groups excluding carboxylic acids is 1. The first-order valence-corrected chi connectivity index (χ1v) is 7.34. The first-order valence-electron chi connectivity index (χ1n) is 7.34. The third-order valence-corrected chi connectivity index (χ3v) is 4.03. The third kappa shape index (κ3) is 5.07. The monoisotopic (exact) mass is 255 g/mol. The zero-order chi connectivity index (χ0) is 13.6. The Kier molecular flexibility index (Phi) is 6.30. The number of hydrogen-bond donors (Lipinski definition) is 1. The molecule has 0 saturated heterocycles. The van der Waals surface area contributed by atoms with Crippen LogP contribution in [-0.2, 0) is 4.79 Å². The van der Waals surface area contributed by atoms with Gasteiger partial charge < -0.3 is 10.0 Å². The lowest BCUT2D eigenvalue weighted by molar-refractivity contribution is -0.127. The number of ketones is 1. The summed E-state index contributed by atoms with van der Waals surface area (Å²) >= 11 is 0. The highest BCUT2D eigenvalue weighted by Crippen LogP contribution is 2.37. The molecule has 106 valence electrons. The van der Waals surface area contributed by atoms with Crippen LogP contribution in [0.15, 0.2) is 0 Å². The zero-order valence-electron chi connectivity index (χ0n) is 12.2. The van der Waals surface area contributed by atoms with Crippen molar-refractivity contribution in [1.29, 1.82) is 0 Å². The minimum absolute atomic E-state index is 0.178. The Balaban J connectivity index is 2.52. The van der Waals surface area contributed by atoms with Crippen LogP contribution in [0.4, 0.5) is 0 Å². The predicted octanol–water partition coefficient (Wildman–Crippen LogP) is 2.48. The Hall–Kier alpha value is -0.410. The normalized spacial score (nSPS) is 23.6. The second-order valence-corrected chi connectivity index (χ2v) is 6.41. The first-order chi connectivity index (χ1) is 8.48. The summed E-state index contributed by atoms with van der Waals surface area (Å²) in [5, 5.41) is 9.11. The van der Waals surface area contributed by atoms with Gasteiger partial charge in [0.15, 0.2) is 0 Å². The Morgan fingerprint density at radius 1 is 1.39 bits per heavy atom. The first kappa shape index (κ1) is 15.6. The van der Waals surface area contributed by atoms with Crippen LogP contribution in [0.2, 0.25) is 0 Å². The number of carbonyl (C=O) groups is 1. The molecule has 0 aliphatic heterocycles. The molecule has 1 unspecified atom stereocenters. The molecule has 1 atom stereocenters. The molecule has 3 heteroatoms. The van der Waals surface area contributed by atoms with Crippen LogP contribution in [0.5, 0.6) is 0 Å². The minimum Gasteiger partial charge on any atom is -0.395 e. The topological polar surface area (TPSA) is 40.5 Å². The highest BCUT2D eigenvalue weighted by molar-refractivity contribution is 5.82. The lowest BCUT2D eigenvalue weighted by atomic mass is 9.71. The lowest BCUT2D eigenvalue weighted by Gasteiger charge is -2.36. The van der Waals surface area contributed by atoms with Crippen LogP contribution in [0.25, 0.3) is 0 Å². The molecule has 0 aromatic heterocycles. The smallest absolute Gasteiger partial charge is 0.137 e. The van der Waals surface area contributed by atoms with Crippen molar-refractivity contribution in [3.8, 4) is 0 Å². The number of aliphatic hydroxyl groups excluding tert-OH is 1. The Bertz CT molecular complexity index is 263. The maximum atomic E-state index is 12.0. The highest BCUT2D eigenvalue weighted by atomic mass is 16.3. The molecule has 1 aliphatic rings. The van der Waals surface area contributed by atoms with E-state index in [4.69, 9.17) is 5.11 Å². The number of nitrogens with zero attached hydrogens (tertiary/aromatic N) is 1. The Labute approximate surface area is 112 Å². The SMILES string of the molecule is CCCCN(CCO)CC1CC(C)(C)CCC1=O. The molecule has 0 radical (unpaired) electrons. The molecule has 1 rings (SSSR count). The van der Waals surface area contributed by atoms with E-state index in [9.17, 15) is 4.79 Å². The summed E-state index contributed by atoms with van der Waals surface area (Å²) in [6.45, 7) is 9.41. The molecule has 1 fully saturated rings. The van der Waals surface area contributed by atoms with Gasteiger partial charge in [0.2, 0.25) is 0 Å². The van der Waals surface area contributed by atoms with E-state index in [2.05, 4.69) is 25.7 Å². The maximum Gasteiger partial charge on any atom is 0.137 e. The molecular formula is C15H29NO2. The molecule has 0 bridgehead atoms. The summed E-state index contributed by atoms with van der Waals surface area (Å²) in [6, 6.07) is 0. The van der Waals surface area contributed by atoms with Crippen molar-refractivity contribution in [2.75, 3.05) is 26.2 Å². The van der Waals surface area contributed by atoms with Gasteiger partial charge in [-0.05, 0) is 31.2 Å². The molecule has 0 aromatic carbocycles. The maximum absolute atomic E-state index is 12.0. The fraction of sp³-hybridized carbons (Fsp3) is 0.933. The summed E-state index contributed by atoms with van der Waals surface area (Å²) in [4.78, 5) is 14.3. The van der Waals surface area contributed by atoms with Crippen LogP contribution >= 0.6 is 0 Å². The molecular weight excluding hydrogens is 226 g/mol. The van der Waals surface area contributed by atoms with Crippen LogP contribution in [0, 0.1) is 11.3 Å². The van der Waals surface area contributed by atoms with E-state index in [-0.39, 0.29) is 12.5 Å². The number of hydrogen-bond acceptors (Lipinski definition) is 3. The van der Waals surface area contributed by atoms with Crippen molar-refractivity contribution in [2.24, 2.45) is 11.3 Å². The van der Waals surface area contributed by atoms with E-state index in [1.54, 1.807) is 0 Å². The van der Waals surface area contributed by atoms with E-state index < -0.39 is 0 Å². The van der Waals surface area contributed by atoms with E-state index >= 15 is 0 Å². The van der Waals surface area contributed by atoms with Crippen molar-refractivity contribution in [3.63, 3.8) is 0 Å².